The van der Waals surface area contributed by atoms with Gasteiger partial charge in [-0.3, -0.25) is 9.59 Å². The number of carbonyl (C=O) groups excluding carboxylic acids is 1. The summed E-state index contributed by atoms with van der Waals surface area (Å²) in [5.41, 5.74) is -1.41. The molecule has 0 spiro atoms. The minimum atomic E-state index is -0.894. The average molecular weight is 460 g/mol. The maximum atomic E-state index is 14.0. The number of fused-ring (bicyclic) bond motifs is 2. The second-order valence-corrected chi connectivity index (χ2v) is 9.18. The third kappa shape index (κ3) is 3.11. The van der Waals surface area contributed by atoms with E-state index in [1.54, 1.807) is 11.8 Å². The first-order chi connectivity index (χ1) is 15.2. The zero-order chi connectivity index (χ0) is 22.8. The van der Waals surface area contributed by atoms with Crippen LogP contribution in [0.1, 0.15) is 34.9 Å². The minimum absolute atomic E-state index is 0.0687. The zero-order valence-corrected chi connectivity index (χ0v) is 17.9. The van der Waals surface area contributed by atoms with Crippen molar-refractivity contribution in [3.8, 4) is 16.3 Å². The SMILES string of the molecule is C[C@H]1COC2(C)Cn3cc(-c4nnc(Cc5ccc(F)cc5F)s4)c(=O)c(O)c3C(=O)N12. The molecule has 4 heterocycles. The Labute approximate surface area is 184 Å². The molecule has 0 aliphatic carbocycles. The van der Waals surface area contributed by atoms with E-state index >= 15 is 0 Å². The van der Waals surface area contributed by atoms with E-state index in [1.165, 1.54) is 16.8 Å². The van der Waals surface area contributed by atoms with Crippen LogP contribution in [0.3, 0.4) is 0 Å². The Kier molecular flexibility index (Phi) is 4.64. The van der Waals surface area contributed by atoms with Gasteiger partial charge < -0.3 is 19.3 Å². The van der Waals surface area contributed by atoms with E-state index in [0.717, 1.165) is 23.5 Å². The van der Waals surface area contributed by atoms with Gasteiger partial charge in [-0.25, -0.2) is 8.78 Å². The first-order valence-electron chi connectivity index (χ1n) is 9.88. The summed E-state index contributed by atoms with van der Waals surface area (Å²) in [6.07, 6.45) is 1.53. The highest BCUT2D eigenvalue weighted by molar-refractivity contribution is 7.14. The smallest absolute Gasteiger partial charge is 0.277 e. The Bertz CT molecular complexity index is 1320. The van der Waals surface area contributed by atoms with Crippen LogP contribution in [0.25, 0.3) is 10.6 Å². The van der Waals surface area contributed by atoms with E-state index in [9.17, 15) is 23.5 Å². The molecule has 3 aromatic rings. The maximum Gasteiger partial charge on any atom is 0.277 e. The number of hydrogen-bond donors (Lipinski definition) is 1. The highest BCUT2D eigenvalue weighted by atomic mass is 32.1. The van der Waals surface area contributed by atoms with Crippen LogP contribution in [-0.4, -0.2) is 49.1 Å². The second kappa shape index (κ2) is 7.17. The van der Waals surface area contributed by atoms with Gasteiger partial charge >= 0.3 is 0 Å². The molecule has 8 nitrogen and oxygen atoms in total. The lowest BCUT2D eigenvalue weighted by atomic mass is 10.1. The number of hydrogen-bond acceptors (Lipinski definition) is 7. The number of rotatable bonds is 3. The van der Waals surface area contributed by atoms with Crippen LogP contribution >= 0.6 is 11.3 Å². The molecule has 0 saturated carbocycles. The van der Waals surface area contributed by atoms with Crippen LogP contribution in [0.5, 0.6) is 5.75 Å². The number of carbonyl (C=O) groups is 1. The number of pyridine rings is 1. The van der Waals surface area contributed by atoms with Crippen molar-refractivity contribution in [2.24, 2.45) is 0 Å². The fourth-order valence-corrected chi connectivity index (χ4v) is 5.16. The highest BCUT2D eigenvalue weighted by Crippen LogP contribution is 2.37. The molecule has 1 amide bonds. The molecule has 2 aromatic heterocycles. The number of ether oxygens (including phenoxy) is 1. The number of aromatic nitrogens is 3. The lowest BCUT2D eigenvalue weighted by Crippen LogP contribution is -2.56. The van der Waals surface area contributed by atoms with Gasteiger partial charge in [0.2, 0.25) is 5.43 Å². The molecule has 0 bridgehead atoms. The van der Waals surface area contributed by atoms with Crippen molar-refractivity contribution in [2.75, 3.05) is 6.61 Å². The highest BCUT2D eigenvalue weighted by Gasteiger charge is 2.50. The molecule has 0 radical (unpaired) electrons. The first kappa shape index (κ1) is 20.7. The van der Waals surface area contributed by atoms with Crippen molar-refractivity contribution < 1.29 is 23.4 Å². The summed E-state index contributed by atoms with van der Waals surface area (Å²) < 4.78 is 34.4. The van der Waals surface area contributed by atoms with E-state index in [2.05, 4.69) is 10.2 Å². The molecule has 1 fully saturated rings. The third-order valence-electron chi connectivity index (χ3n) is 5.78. The molecule has 166 valence electrons. The van der Waals surface area contributed by atoms with Gasteiger partial charge in [0, 0.05) is 18.7 Å². The van der Waals surface area contributed by atoms with Gasteiger partial charge in [-0.1, -0.05) is 17.4 Å². The largest absolute Gasteiger partial charge is 0.503 e. The molecule has 32 heavy (non-hydrogen) atoms. The second-order valence-electron chi connectivity index (χ2n) is 8.12. The topological polar surface area (TPSA) is 97.5 Å². The molecule has 2 atom stereocenters. The van der Waals surface area contributed by atoms with E-state index in [1.807, 2.05) is 6.92 Å². The van der Waals surface area contributed by atoms with Crippen molar-refractivity contribution in [1.82, 2.24) is 19.7 Å². The Balaban J connectivity index is 1.53. The van der Waals surface area contributed by atoms with Crippen molar-refractivity contribution >= 4 is 17.2 Å². The average Bonchev–Trinajstić information content (AvgIpc) is 3.31. The fraction of sp³-hybridized carbons (Fsp3) is 0.333. The van der Waals surface area contributed by atoms with Crippen LogP contribution in [-0.2, 0) is 17.7 Å². The van der Waals surface area contributed by atoms with Gasteiger partial charge in [0.1, 0.15) is 16.6 Å². The van der Waals surface area contributed by atoms with E-state index in [4.69, 9.17) is 4.74 Å². The molecule has 2 aliphatic heterocycles. The number of nitrogens with zero attached hydrogens (tertiary/aromatic N) is 4. The molecular formula is C21H18F2N4O4S. The molecule has 1 N–H and O–H groups in total. The summed E-state index contributed by atoms with van der Waals surface area (Å²) in [6, 6.07) is 3.08. The van der Waals surface area contributed by atoms with Crippen molar-refractivity contribution in [2.45, 2.75) is 38.6 Å². The Morgan fingerprint density at radius 1 is 1.31 bits per heavy atom. The maximum absolute atomic E-state index is 14.0. The van der Waals surface area contributed by atoms with Crippen LogP contribution in [0.4, 0.5) is 8.78 Å². The van der Waals surface area contributed by atoms with Crippen LogP contribution < -0.4 is 5.43 Å². The fourth-order valence-electron chi connectivity index (χ4n) is 4.29. The Morgan fingerprint density at radius 2 is 2.09 bits per heavy atom. The number of benzene rings is 1. The number of amides is 1. The number of halogens is 2. The van der Waals surface area contributed by atoms with E-state index in [-0.39, 0.29) is 40.8 Å². The summed E-state index contributed by atoms with van der Waals surface area (Å²) in [7, 11) is 0. The van der Waals surface area contributed by atoms with Gasteiger partial charge in [0.05, 0.1) is 24.8 Å². The van der Waals surface area contributed by atoms with E-state index in [0.29, 0.717) is 11.6 Å². The molecule has 5 rings (SSSR count). The van der Waals surface area contributed by atoms with Crippen LogP contribution in [0.15, 0.2) is 29.2 Å². The molecule has 11 heteroatoms. The van der Waals surface area contributed by atoms with Crippen LogP contribution in [0, 0.1) is 11.6 Å². The van der Waals surface area contributed by atoms with Gasteiger partial charge in [-0.05, 0) is 25.5 Å². The van der Waals surface area contributed by atoms with Gasteiger partial charge in [-0.2, -0.15) is 0 Å². The predicted molar refractivity (Wildman–Crippen MR) is 110 cm³/mol. The molecule has 1 saturated heterocycles. The van der Waals surface area contributed by atoms with E-state index < -0.39 is 34.4 Å². The van der Waals surface area contributed by atoms with Crippen molar-refractivity contribution in [3.05, 3.63) is 62.5 Å². The Hall–Kier alpha value is -3.18. The zero-order valence-electron chi connectivity index (χ0n) is 17.1. The normalized spacial score (nSPS) is 22.2. The Morgan fingerprint density at radius 3 is 2.84 bits per heavy atom. The third-order valence-corrected chi connectivity index (χ3v) is 6.74. The standard InChI is InChI=1S/C21H18F2N4O4S/c1-10-8-31-21(2)9-26-7-13(17(28)18(29)16(26)20(30)27(10)21)19-25-24-15(32-19)5-11-3-4-12(22)6-14(11)23/h3-4,6-7,10,29H,5,8-9H2,1-2H3/t10-,21?/m0/s1. The lowest BCUT2D eigenvalue weighted by molar-refractivity contribution is -0.0751. The van der Waals surface area contributed by atoms with Crippen molar-refractivity contribution in [3.63, 3.8) is 0 Å². The minimum Gasteiger partial charge on any atom is -0.503 e. The summed E-state index contributed by atoms with van der Waals surface area (Å²) >= 11 is 1.05. The predicted octanol–water partition coefficient (Wildman–Crippen LogP) is 2.53. The first-order valence-corrected chi connectivity index (χ1v) is 10.7. The summed E-state index contributed by atoms with van der Waals surface area (Å²) in [6.45, 7) is 4.21. The van der Waals surface area contributed by atoms with Gasteiger partial charge in [0.25, 0.3) is 5.91 Å². The quantitative estimate of drug-likeness (QED) is 0.645. The molecular weight excluding hydrogens is 442 g/mol. The van der Waals surface area contributed by atoms with Crippen LogP contribution in [0.2, 0.25) is 0 Å². The molecule has 1 unspecified atom stereocenters. The number of aromatic hydroxyl groups is 1. The summed E-state index contributed by atoms with van der Waals surface area (Å²) in [4.78, 5) is 27.5. The van der Waals surface area contributed by atoms with Gasteiger partial charge in [0.15, 0.2) is 22.2 Å². The monoisotopic (exact) mass is 460 g/mol. The summed E-state index contributed by atoms with van der Waals surface area (Å²) in [5.74, 6) is -2.51. The lowest BCUT2D eigenvalue weighted by Gasteiger charge is -2.41. The molecule has 1 aromatic carbocycles. The molecule has 2 aliphatic rings. The van der Waals surface area contributed by atoms with Crippen molar-refractivity contribution in [1.29, 1.82) is 0 Å². The van der Waals surface area contributed by atoms with Gasteiger partial charge in [-0.15, -0.1) is 10.2 Å². The summed E-state index contributed by atoms with van der Waals surface area (Å²) in [5, 5.41) is 19.3.